The largest absolute Gasteiger partial charge is 0.493 e. The van der Waals surface area contributed by atoms with Gasteiger partial charge in [0.1, 0.15) is 0 Å². The van der Waals surface area contributed by atoms with Crippen molar-refractivity contribution in [3.8, 4) is 11.5 Å². The van der Waals surface area contributed by atoms with Gasteiger partial charge in [0.05, 0.1) is 7.11 Å². The number of piperidine rings is 1. The third-order valence-electron chi connectivity index (χ3n) is 6.14. The fourth-order valence-corrected chi connectivity index (χ4v) is 4.35. The highest BCUT2D eigenvalue weighted by Gasteiger charge is 2.24. The van der Waals surface area contributed by atoms with Gasteiger partial charge in [-0.25, -0.2) is 0 Å². The summed E-state index contributed by atoms with van der Waals surface area (Å²) in [7, 11) is 1.58. The molecule has 0 atom stereocenters. The lowest BCUT2D eigenvalue weighted by atomic mass is 9.86. The monoisotopic (exact) mass is 402 g/mol. The van der Waals surface area contributed by atoms with Crippen molar-refractivity contribution in [3.05, 3.63) is 24.3 Å². The lowest BCUT2D eigenvalue weighted by Crippen LogP contribution is -2.47. The molecule has 2 amide bonds. The summed E-state index contributed by atoms with van der Waals surface area (Å²) < 4.78 is 10.9. The minimum Gasteiger partial charge on any atom is -0.493 e. The Morgan fingerprint density at radius 1 is 1.03 bits per heavy atom. The van der Waals surface area contributed by atoms with Gasteiger partial charge in [-0.15, -0.1) is 0 Å². The zero-order chi connectivity index (χ0) is 20.5. The standard InChI is InChI=1S/C23H34N2O4/c1-28-20-9-5-6-10-21(20)29-17-23(27)25-15-13-19(14-16-25)24-22(26)12-11-18-7-3-2-4-8-18/h5-6,9-10,18-19H,2-4,7-8,11-17H2,1H3,(H,24,26). The van der Waals surface area contributed by atoms with Crippen LogP contribution in [-0.4, -0.2) is 49.6 Å². The van der Waals surface area contributed by atoms with Crippen LogP contribution in [0.2, 0.25) is 0 Å². The van der Waals surface area contributed by atoms with Crippen LogP contribution in [-0.2, 0) is 9.59 Å². The molecule has 0 bridgehead atoms. The smallest absolute Gasteiger partial charge is 0.260 e. The average Bonchev–Trinajstić information content (AvgIpc) is 2.77. The van der Waals surface area contributed by atoms with E-state index in [0.717, 1.165) is 25.2 Å². The number of hydrogen-bond donors (Lipinski definition) is 1. The summed E-state index contributed by atoms with van der Waals surface area (Å²) in [6, 6.07) is 7.49. The van der Waals surface area contributed by atoms with E-state index in [9.17, 15) is 9.59 Å². The van der Waals surface area contributed by atoms with Gasteiger partial charge in [-0.3, -0.25) is 9.59 Å². The van der Waals surface area contributed by atoms with Crippen LogP contribution in [0.4, 0.5) is 0 Å². The molecule has 1 aliphatic heterocycles. The Morgan fingerprint density at radius 2 is 1.72 bits per heavy atom. The maximum atomic E-state index is 12.5. The Morgan fingerprint density at radius 3 is 2.41 bits per heavy atom. The molecule has 1 saturated carbocycles. The molecule has 1 aliphatic carbocycles. The van der Waals surface area contributed by atoms with Crippen LogP contribution < -0.4 is 14.8 Å². The van der Waals surface area contributed by atoms with Crippen molar-refractivity contribution >= 4 is 11.8 Å². The molecular weight excluding hydrogens is 368 g/mol. The number of rotatable bonds is 8. The Hall–Kier alpha value is -2.24. The van der Waals surface area contributed by atoms with Gasteiger partial charge in [-0.1, -0.05) is 44.2 Å². The molecule has 0 spiro atoms. The van der Waals surface area contributed by atoms with Crippen LogP contribution in [0.15, 0.2) is 24.3 Å². The van der Waals surface area contributed by atoms with Crippen LogP contribution >= 0.6 is 0 Å². The maximum Gasteiger partial charge on any atom is 0.260 e. The second-order valence-corrected chi connectivity index (χ2v) is 8.20. The second kappa shape index (κ2) is 11.1. The van der Waals surface area contributed by atoms with E-state index in [-0.39, 0.29) is 24.5 Å². The first kappa shape index (κ1) is 21.5. The van der Waals surface area contributed by atoms with Gasteiger partial charge in [0.15, 0.2) is 18.1 Å². The quantitative estimate of drug-likeness (QED) is 0.722. The molecule has 29 heavy (non-hydrogen) atoms. The number of amides is 2. The van der Waals surface area contributed by atoms with Gasteiger partial charge < -0.3 is 19.7 Å². The normalized spacial score (nSPS) is 18.3. The minimum absolute atomic E-state index is 0.00120. The molecule has 6 heteroatoms. The molecular formula is C23H34N2O4. The Kier molecular flexibility index (Phi) is 8.20. The molecule has 1 saturated heterocycles. The first-order valence-electron chi connectivity index (χ1n) is 11.0. The van der Waals surface area contributed by atoms with Gasteiger partial charge in [0, 0.05) is 25.6 Å². The molecule has 3 rings (SSSR count). The van der Waals surface area contributed by atoms with Gasteiger partial charge in [-0.2, -0.15) is 0 Å². The van der Waals surface area contributed by atoms with Gasteiger partial charge in [0.2, 0.25) is 5.91 Å². The highest BCUT2D eigenvalue weighted by Crippen LogP contribution is 2.27. The number of likely N-dealkylation sites (tertiary alicyclic amines) is 1. The molecule has 2 aliphatic rings. The van der Waals surface area contributed by atoms with Crippen molar-refractivity contribution in [2.24, 2.45) is 5.92 Å². The van der Waals surface area contributed by atoms with Gasteiger partial charge in [-0.05, 0) is 37.3 Å². The van der Waals surface area contributed by atoms with Crippen molar-refractivity contribution < 1.29 is 19.1 Å². The highest BCUT2D eigenvalue weighted by atomic mass is 16.5. The summed E-state index contributed by atoms with van der Waals surface area (Å²) in [6.07, 6.45) is 9.81. The second-order valence-electron chi connectivity index (χ2n) is 8.20. The third kappa shape index (κ3) is 6.65. The fourth-order valence-electron chi connectivity index (χ4n) is 4.35. The number of carbonyl (C=O) groups is 2. The van der Waals surface area contributed by atoms with Crippen molar-refractivity contribution in [3.63, 3.8) is 0 Å². The molecule has 0 unspecified atom stereocenters. The maximum absolute atomic E-state index is 12.5. The van der Waals surface area contributed by atoms with E-state index >= 15 is 0 Å². The molecule has 1 N–H and O–H groups in total. The molecule has 6 nitrogen and oxygen atoms in total. The summed E-state index contributed by atoms with van der Waals surface area (Å²) in [5, 5.41) is 3.17. The average molecular weight is 403 g/mol. The van der Waals surface area contributed by atoms with E-state index in [0.29, 0.717) is 31.0 Å². The SMILES string of the molecule is COc1ccccc1OCC(=O)N1CCC(NC(=O)CCC2CCCCC2)CC1. The summed E-state index contributed by atoms with van der Waals surface area (Å²) in [6.45, 7) is 1.31. The van der Waals surface area contributed by atoms with Crippen LogP contribution in [0.5, 0.6) is 11.5 Å². The van der Waals surface area contributed by atoms with E-state index in [1.165, 1.54) is 32.1 Å². The molecule has 1 aromatic carbocycles. The van der Waals surface area contributed by atoms with Crippen LogP contribution in [0, 0.1) is 5.92 Å². The molecule has 160 valence electrons. The number of benzene rings is 1. The van der Waals surface area contributed by atoms with E-state index < -0.39 is 0 Å². The van der Waals surface area contributed by atoms with Gasteiger partial charge >= 0.3 is 0 Å². The van der Waals surface area contributed by atoms with Crippen LogP contribution in [0.3, 0.4) is 0 Å². The van der Waals surface area contributed by atoms with E-state index in [1.807, 2.05) is 23.1 Å². The first-order chi connectivity index (χ1) is 14.2. The third-order valence-corrected chi connectivity index (χ3v) is 6.14. The molecule has 1 heterocycles. The van der Waals surface area contributed by atoms with E-state index in [2.05, 4.69) is 5.32 Å². The minimum atomic E-state index is -0.0296. The van der Waals surface area contributed by atoms with Crippen molar-refractivity contribution in [1.82, 2.24) is 10.2 Å². The van der Waals surface area contributed by atoms with Crippen molar-refractivity contribution in [2.75, 3.05) is 26.8 Å². The van der Waals surface area contributed by atoms with Crippen LogP contribution in [0.25, 0.3) is 0 Å². The number of ether oxygens (including phenoxy) is 2. The Labute approximate surface area is 173 Å². The zero-order valence-electron chi connectivity index (χ0n) is 17.5. The number of carbonyl (C=O) groups excluding carboxylic acids is 2. The zero-order valence-corrected chi connectivity index (χ0v) is 17.5. The number of nitrogens with zero attached hydrogens (tertiary/aromatic N) is 1. The number of methoxy groups -OCH3 is 1. The first-order valence-corrected chi connectivity index (χ1v) is 11.0. The Balaban J connectivity index is 1.34. The highest BCUT2D eigenvalue weighted by molar-refractivity contribution is 5.78. The fraction of sp³-hybridized carbons (Fsp3) is 0.652. The predicted octanol–water partition coefficient (Wildman–Crippen LogP) is 3.54. The summed E-state index contributed by atoms with van der Waals surface area (Å²) in [4.78, 5) is 26.5. The lowest BCUT2D eigenvalue weighted by molar-refractivity contribution is -0.134. The summed E-state index contributed by atoms with van der Waals surface area (Å²) in [5.74, 6) is 2.06. The molecule has 2 fully saturated rings. The molecule has 0 radical (unpaired) electrons. The van der Waals surface area contributed by atoms with Crippen molar-refractivity contribution in [1.29, 1.82) is 0 Å². The lowest BCUT2D eigenvalue weighted by Gasteiger charge is -2.32. The topological polar surface area (TPSA) is 67.9 Å². The molecule has 1 aromatic rings. The van der Waals surface area contributed by atoms with E-state index in [1.54, 1.807) is 13.2 Å². The number of para-hydroxylation sites is 2. The van der Waals surface area contributed by atoms with Gasteiger partial charge in [0.25, 0.3) is 5.91 Å². The predicted molar refractivity (Wildman–Crippen MR) is 112 cm³/mol. The van der Waals surface area contributed by atoms with Crippen LogP contribution in [0.1, 0.15) is 57.8 Å². The van der Waals surface area contributed by atoms with E-state index in [4.69, 9.17) is 9.47 Å². The Bertz CT molecular complexity index is 665. The molecule has 0 aromatic heterocycles. The summed E-state index contributed by atoms with van der Waals surface area (Å²) >= 11 is 0. The number of nitrogens with one attached hydrogen (secondary N) is 1. The summed E-state index contributed by atoms with van der Waals surface area (Å²) in [5.41, 5.74) is 0. The number of hydrogen-bond acceptors (Lipinski definition) is 4. The van der Waals surface area contributed by atoms with Crippen molar-refractivity contribution in [2.45, 2.75) is 63.8 Å².